The van der Waals surface area contributed by atoms with Crippen LogP contribution in [-0.4, -0.2) is 26.5 Å². The lowest BCUT2D eigenvalue weighted by Gasteiger charge is -2.19. The minimum atomic E-state index is 0.661. The molecule has 0 aliphatic carbocycles. The highest BCUT2D eigenvalue weighted by Gasteiger charge is 2.19. The molecule has 4 rings (SSSR count). The van der Waals surface area contributed by atoms with Gasteiger partial charge in [0.2, 0.25) is 5.16 Å². The second kappa shape index (κ2) is 6.37. The predicted molar refractivity (Wildman–Crippen MR) is 94.1 cm³/mol. The molecule has 0 radical (unpaired) electrons. The zero-order chi connectivity index (χ0) is 16.4. The number of thioether (sulfide) groups is 1. The maximum Gasteiger partial charge on any atom is 0.214 e. The van der Waals surface area contributed by atoms with Crippen molar-refractivity contribution in [3.63, 3.8) is 0 Å². The fourth-order valence-electron chi connectivity index (χ4n) is 2.42. The minimum absolute atomic E-state index is 0.661. The van der Waals surface area contributed by atoms with E-state index in [-0.39, 0.29) is 0 Å². The second-order valence-corrected chi connectivity index (χ2v) is 5.94. The molecule has 3 aromatic rings. The van der Waals surface area contributed by atoms with Gasteiger partial charge in [0, 0.05) is 28.9 Å². The molecule has 0 fully saturated rings. The van der Waals surface area contributed by atoms with Crippen LogP contribution in [-0.2, 0) is 0 Å². The van der Waals surface area contributed by atoms with Gasteiger partial charge in [0.1, 0.15) is 5.75 Å². The highest BCUT2D eigenvalue weighted by molar-refractivity contribution is 8.02. The summed E-state index contributed by atoms with van der Waals surface area (Å²) in [6.07, 6.45) is 3.52. The second-order valence-electron chi connectivity index (χ2n) is 5.10. The molecule has 1 aromatic carbocycles. The summed E-state index contributed by atoms with van der Waals surface area (Å²) in [6, 6.07) is 11.8. The summed E-state index contributed by atoms with van der Waals surface area (Å²) in [5, 5.41) is 11.3. The van der Waals surface area contributed by atoms with Gasteiger partial charge in [-0.25, -0.2) is 4.68 Å². The van der Waals surface area contributed by atoms with Crippen molar-refractivity contribution in [2.75, 3.05) is 12.0 Å². The van der Waals surface area contributed by atoms with Crippen molar-refractivity contribution in [1.29, 1.82) is 0 Å². The van der Waals surface area contributed by atoms with E-state index in [2.05, 4.69) is 20.6 Å². The molecule has 0 spiro atoms. The van der Waals surface area contributed by atoms with Crippen molar-refractivity contribution >= 4 is 17.5 Å². The van der Waals surface area contributed by atoms with E-state index in [0.29, 0.717) is 6.61 Å². The summed E-state index contributed by atoms with van der Waals surface area (Å²) in [4.78, 5) is 4.15. The van der Waals surface area contributed by atoms with E-state index in [1.165, 1.54) is 11.8 Å². The number of hydrogen-bond acceptors (Lipinski definition) is 6. The molecule has 120 valence electrons. The zero-order valence-electron chi connectivity index (χ0n) is 13.0. The van der Waals surface area contributed by atoms with Crippen molar-refractivity contribution < 1.29 is 4.74 Å². The number of ether oxygens (including phenoxy) is 1. The lowest BCUT2D eigenvalue weighted by atomic mass is 10.2. The highest BCUT2D eigenvalue weighted by Crippen LogP contribution is 2.31. The van der Waals surface area contributed by atoms with Crippen molar-refractivity contribution in [1.82, 2.24) is 19.9 Å². The highest BCUT2D eigenvalue weighted by atomic mass is 32.2. The van der Waals surface area contributed by atoms with Gasteiger partial charge in [0.15, 0.2) is 5.82 Å². The molecule has 0 atom stereocenters. The Labute approximate surface area is 143 Å². The maximum absolute atomic E-state index is 5.49. The Morgan fingerprint density at radius 3 is 2.75 bits per heavy atom. The van der Waals surface area contributed by atoms with Gasteiger partial charge in [-0.1, -0.05) is 11.8 Å². The smallest absolute Gasteiger partial charge is 0.214 e. The van der Waals surface area contributed by atoms with Crippen molar-refractivity contribution in [2.24, 2.45) is 0 Å². The molecule has 0 unspecified atom stereocenters. The molecule has 7 heteroatoms. The Bertz CT molecular complexity index is 874. The average Bonchev–Trinajstić information content (AvgIpc) is 3.06. The molecule has 1 N–H and O–H groups in total. The van der Waals surface area contributed by atoms with E-state index in [1.807, 2.05) is 53.4 Å². The quantitative estimate of drug-likeness (QED) is 0.787. The normalized spacial score (nSPS) is 13.0. The molecule has 0 saturated carbocycles. The molecule has 0 bridgehead atoms. The fraction of sp³-hybridized carbons (Fsp3) is 0.118. The Morgan fingerprint density at radius 1 is 1.12 bits per heavy atom. The van der Waals surface area contributed by atoms with Crippen LogP contribution in [0.3, 0.4) is 0 Å². The first-order valence-corrected chi connectivity index (χ1v) is 8.46. The van der Waals surface area contributed by atoms with Gasteiger partial charge in [0.25, 0.3) is 0 Å². The molecular formula is C17H15N5OS. The van der Waals surface area contributed by atoms with Gasteiger partial charge in [-0.05, 0) is 43.3 Å². The van der Waals surface area contributed by atoms with Crippen LogP contribution in [0.25, 0.3) is 17.1 Å². The number of aromatic nitrogens is 4. The van der Waals surface area contributed by atoms with Crippen molar-refractivity contribution in [3.8, 4) is 17.1 Å². The van der Waals surface area contributed by atoms with E-state index >= 15 is 0 Å². The van der Waals surface area contributed by atoms with Crippen molar-refractivity contribution in [2.45, 2.75) is 12.1 Å². The van der Waals surface area contributed by atoms with E-state index in [0.717, 1.165) is 33.6 Å². The van der Waals surface area contributed by atoms with Gasteiger partial charge < -0.3 is 4.74 Å². The molecule has 1 aliphatic heterocycles. The number of pyridine rings is 1. The minimum Gasteiger partial charge on any atom is -0.494 e. The molecule has 0 amide bonds. The largest absolute Gasteiger partial charge is 0.494 e. The van der Waals surface area contributed by atoms with E-state index in [4.69, 9.17) is 4.74 Å². The molecule has 6 nitrogen and oxygen atoms in total. The summed E-state index contributed by atoms with van der Waals surface area (Å²) >= 11 is 1.53. The van der Waals surface area contributed by atoms with Gasteiger partial charge in [0.05, 0.1) is 12.3 Å². The molecule has 3 heterocycles. The SMILES string of the molecule is CCOc1ccc(C2=CSc3nnc(-c4cccnc4)n3N2)cc1. The van der Waals surface area contributed by atoms with E-state index in [9.17, 15) is 0 Å². The molecule has 24 heavy (non-hydrogen) atoms. The Morgan fingerprint density at radius 2 is 2.00 bits per heavy atom. The first-order valence-electron chi connectivity index (χ1n) is 7.58. The van der Waals surface area contributed by atoms with Crippen LogP contribution >= 0.6 is 11.8 Å². The maximum atomic E-state index is 5.49. The molecular weight excluding hydrogens is 322 g/mol. The van der Waals surface area contributed by atoms with Crippen LogP contribution in [0.4, 0.5) is 0 Å². The number of nitrogens with one attached hydrogen (secondary N) is 1. The summed E-state index contributed by atoms with van der Waals surface area (Å²) in [5.41, 5.74) is 6.35. The third-order valence-corrected chi connectivity index (χ3v) is 4.37. The topological polar surface area (TPSA) is 64.9 Å². The Balaban J connectivity index is 1.62. The zero-order valence-corrected chi connectivity index (χ0v) is 13.8. The number of fused-ring (bicyclic) bond motifs is 1. The van der Waals surface area contributed by atoms with Crippen LogP contribution in [0.1, 0.15) is 12.5 Å². The summed E-state index contributed by atoms with van der Waals surface area (Å²) in [7, 11) is 0. The molecule has 1 aliphatic rings. The molecule has 2 aromatic heterocycles. The van der Waals surface area contributed by atoms with Gasteiger partial charge >= 0.3 is 0 Å². The number of benzene rings is 1. The molecule has 0 saturated heterocycles. The third-order valence-electron chi connectivity index (χ3n) is 3.54. The Kier molecular flexibility index (Phi) is 3.92. The monoisotopic (exact) mass is 337 g/mol. The number of hydrogen-bond donors (Lipinski definition) is 1. The van der Waals surface area contributed by atoms with Gasteiger partial charge in [-0.2, -0.15) is 0 Å². The fourth-order valence-corrected chi connectivity index (χ4v) is 3.16. The van der Waals surface area contributed by atoms with Crippen LogP contribution in [0.15, 0.2) is 59.4 Å². The van der Waals surface area contributed by atoms with Crippen LogP contribution in [0.5, 0.6) is 5.75 Å². The predicted octanol–water partition coefficient (Wildman–Crippen LogP) is 3.39. The summed E-state index contributed by atoms with van der Waals surface area (Å²) < 4.78 is 7.37. The summed E-state index contributed by atoms with van der Waals surface area (Å²) in [6.45, 7) is 2.64. The van der Waals surface area contributed by atoms with Crippen molar-refractivity contribution in [3.05, 3.63) is 59.8 Å². The van der Waals surface area contributed by atoms with Gasteiger partial charge in [-0.15, -0.1) is 10.2 Å². The third kappa shape index (κ3) is 2.74. The number of rotatable bonds is 4. The van der Waals surface area contributed by atoms with Gasteiger partial charge in [-0.3, -0.25) is 10.4 Å². The van der Waals surface area contributed by atoms with Crippen LogP contribution < -0.4 is 10.2 Å². The average molecular weight is 337 g/mol. The first kappa shape index (κ1) is 14.8. The number of nitrogens with zero attached hydrogens (tertiary/aromatic N) is 4. The Hall–Kier alpha value is -2.80. The van der Waals surface area contributed by atoms with Crippen LogP contribution in [0.2, 0.25) is 0 Å². The lowest BCUT2D eigenvalue weighted by Crippen LogP contribution is -2.18. The standard InChI is InChI=1S/C17H15N5OS/c1-2-23-14-7-5-12(6-8-14)15-11-24-17-20-19-16(22(17)21-15)13-4-3-9-18-10-13/h3-11,21H,2H2,1H3. The van der Waals surface area contributed by atoms with E-state index < -0.39 is 0 Å². The summed E-state index contributed by atoms with van der Waals surface area (Å²) in [5.74, 6) is 1.61. The van der Waals surface area contributed by atoms with E-state index in [1.54, 1.807) is 12.4 Å². The first-order chi connectivity index (χ1) is 11.8. The lowest BCUT2D eigenvalue weighted by molar-refractivity contribution is 0.340. The van der Waals surface area contributed by atoms with Crippen LogP contribution in [0, 0.1) is 0 Å².